The Morgan fingerprint density at radius 3 is 2.96 bits per heavy atom. The van der Waals surface area contributed by atoms with Crippen molar-refractivity contribution in [3.8, 4) is 0 Å². The summed E-state index contributed by atoms with van der Waals surface area (Å²) in [6.45, 7) is 3.62. The van der Waals surface area contributed by atoms with Crippen molar-refractivity contribution in [2.45, 2.75) is 43.7 Å². The largest absolute Gasteiger partial charge is 0.377 e. The lowest BCUT2D eigenvalue weighted by Crippen LogP contribution is -2.31. The summed E-state index contributed by atoms with van der Waals surface area (Å²) in [7, 11) is -3.59. The molecule has 0 aliphatic carbocycles. The number of aryl methyl sites for hydroxylation is 1. The van der Waals surface area contributed by atoms with E-state index in [4.69, 9.17) is 4.74 Å². The monoisotopic (exact) mass is 356 g/mol. The van der Waals surface area contributed by atoms with Crippen LogP contribution >= 0.6 is 11.3 Å². The Hall–Kier alpha value is -1.22. The molecule has 0 spiro atoms. The maximum atomic E-state index is 12.4. The number of thiazole rings is 1. The minimum atomic E-state index is -3.59. The summed E-state index contributed by atoms with van der Waals surface area (Å²) < 4.78 is 35.2. The topological polar surface area (TPSA) is 77.4 Å². The van der Waals surface area contributed by atoms with Crippen molar-refractivity contribution in [3.63, 3.8) is 0 Å². The number of sulfonamides is 1. The number of hydrogen-bond donors (Lipinski definition) is 1. The van der Waals surface area contributed by atoms with Gasteiger partial charge in [-0.15, -0.1) is 0 Å². The van der Waals surface area contributed by atoms with Crippen LogP contribution in [0.3, 0.4) is 0 Å². The third kappa shape index (κ3) is 3.50. The van der Waals surface area contributed by atoms with Crippen molar-refractivity contribution >= 4 is 31.6 Å². The molecule has 0 saturated carbocycles. The zero-order chi connectivity index (χ0) is 16.4. The van der Waals surface area contributed by atoms with Crippen LogP contribution in [0.2, 0.25) is 0 Å². The summed E-state index contributed by atoms with van der Waals surface area (Å²) in [4.78, 5) is 12.1. The van der Waals surface area contributed by atoms with E-state index in [1.165, 1.54) is 0 Å². The molecule has 1 aliphatic rings. The van der Waals surface area contributed by atoms with Crippen molar-refractivity contribution in [1.82, 2.24) is 9.29 Å². The molecule has 1 fully saturated rings. The van der Waals surface area contributed by atoms with Crippen molar-refractivity contribution in [2.75, 3.05) is 13.2 Å². The number of benzene rings is 1. The summed E-state index contributed by atoms with van der Waals surface area (Å²) in [5.74, 6) is 0. The number of ether oxygens (including phenoxy) is 1. The van der Waals surface area contributed by atoms with Gasteiger partial charge in [0.25, 0.3) is 0 Å². The Labute approximate surface area is 139 Å². The lowest BCUT2D eigenvalue weighted by atomic mass is 10.2. The molecular formula is C15H20N2O4S2. The molecule has 1 aromatic carbocycles. The highest BCUT2D eigenvalue weighted by atomic mass is 32.2. The van der Waals surface area contributed by atoms with Crippen LogP contribution in [-0.2, 0) is 21.3 Å². The second-order valence-electron chi connectivity index (χ2n) is 5.64. The highest BCUT2D eigenvalue weighted by molar-refractivity contribution is 7.89. The Morgan fingerprint density at radius 2 is 2.26 bits per heavy atom. The molecule has 0 amide bonds. The van der Waals surface area contributed by atoms with Crippen LogP contribution in [0.15, 0.2) is 27.9 Å². The zero-order valence-corrected chi connectivity index (χ0v) is 14.6. The molecule has 1 unspecified atom stereocenters. The van der Waals surface area contributed by atoms with Gasteiger partial charge in [0.2, 0.25) is 10.0 Å². The molecule has 1 atom stereocenters. The van der Waals surface area contributed by atoms with Gasteiger partial charge in [-0.05, 0) is 37.5 Å². The maximum absolute atomic E-state index is 12.4. The first kappa shape index (κ1) is 16.6. The van der Waals surface area contributed by atoms with Crippen molar-refractivity contribution in [1.29, 1.82) is 0 Å². The minimum Gasteiger partial charge on any atom is -0.377 e. The first-order valence-corrected chi connectivity index (χ1v) is 10.1. The maximum Gasteiger partial charge on any atom is 0.308 e. The average molecular weight is 356 g/mol. The highest BCUT2D eigenvalue weighted by Gasteiger charge is 2.21. The molecule has 1 aliphatic heterocycles. The van der Waals surface area contributed by atoms with E-state index >= 15 is 0 Å². The first-order chi connectivity index (χ1) is 11.0. The van der Waals surface area contributed by atoms with Gasteiger partial charge < -0.3 is 4.74 Å². The standard InChI is InChI=1S/C15H20N2O4S2/c1-2-7-17-13-6-5-12(9-14(13)22-15(17)18)23(19,20)16-10-11-4-3-8-21-11/h5-6,9,11,16H,2-4,7-8,10H2,1H3. The molecule has 23 heavy (non-hydrogen) atoms. The summed E-state index contributed by atoms with van der Waals surface area (Å²) in [6.07, 6.45) is 2.66. The van der Waals surface area contributed by atoms with Gasteiger partial charge in [-0.3, -0.25) is 9.36 Å². The molecule has 3 rings (SSSR count). The van der Waals surface area contributed by atoms with Crippen LogP contribution in [0.1, 0.15) is 26.2 Å². The van der Waals surface area contributed by atoms with Gasteiger partial charge in [0.15, 0.2) is 0 Å². The first-order valence-electron chi connectivity index (χ1n) is 7.76. The smallest absolute Gasteiger partial charge is 0.308 e. The van der Waals surface area contributed by atoms with Crippen molar-refractivity contribution < 1.29 is 13.2 Å². The predicted molar refractivity (Wildman–Crippen MR) is 90.5 cm³/mol. The number of hydrogen-bond acceptors (Lipinski definition) is 5. The quantitative estimate of drug-likeness (QED) is 0.858. The second-order valence-corrected chi connectivity index (χ2v) is 8.40. The minimum absolute atomic E-state index is 0.0461. The third-order valence-electron chi connectivity index (χ3n) is 3.92. The van der Waals surface area contributed by atoms with E-state index < -0.39 is 10.0 Å². The van der Waals surface area contributed by atoms with E-state index in [-0.39, 0.29) is 22.4 Å². The third-order valence-corrected chi connectivity index (χ3v) is 6.29. The molecule has 1 saturated heterocycles. The van der Waals surface area contributed by atoms with E-state index in [1.54, 1.807) is 22.8 Å². The van der Waals surface area contributed by atoms with Crippen LogP contribution in [0.4, 0.5) is 0 Å². The number of nitrogens with zero attached hydrogens (tertiary/aromatic N) is 1. The molecule has 0 bridgehead atoms. The molecule has 1 aromatic heterocycles. The van der Waals surface area contributed by atoms with Gasteiger partial charge >= 0.3 is 4.87 Å². The molecule has 8 heteroatoms. The number of fused-ring (bicyclic) bond motifs is 1. The van der Waals surface area contributed by atoms with Crippen molar-refractivity contribution in [2.24, 2.45) is 0 Å². The molecule has 2 aromatic rings. The Balaban J connectivity index is 1.85. The normalized spacial score (nSPS) is 18.7. The van der Waals surface area contributed by atoms with Gasteiger partial charge in [-0.25, -0.2) is 13.1 Å². The fraction of sp³-hybridized carbons (Fsp3) is 0.533. The Morgan fingerprint density at radius 1 is 1.43 bits per heavy atom. The van der Waals surface area contributed by atoms with E-state index in [0.29, 0.717) is 17.9 Å². The van der Waals surface area contributed by atoms with Crippen LogP contribution in [0.25, 0.3) is 10.2 Å². The van der Waals surface area contributed by atoms with Crippen molar-refractivity contribution in [3.05, 3.63) is 27.9 Å². The van der Waals surface area contributed by atoms with Gasteiger partial charge in [0.05, 0.1) is 21.2 Å². The van der Waals surface area contributed by atoms with E-state index in [9.17, 15) is 13.2 Å². The fourth-order valence-electron chi connectivity index (χ4n) is 2.74. The summed E-state index contributed by atoms with van der Waals surface area (Å²) >= 11 is 1.08. The summed E-state index contributed by atoms with van der Waals surface area (Å²) in [5, 5.41) is 0. The molecule has 0 radical (unpaired) electrons. The van der Waals surface area contributed by atoms with Gasteiger partial charge in [-0.2, -0.15) is 0 Å². The Bertz CT molecular complexity index is 848. The molecule has 126 valence electrons. The fourth-order valence-corrected chi connectivity index (χ4v) is 4.86. The van der Waals surface area contributed by atoms with Crippen LogP contribution in [-0.4, -0.2) is 32.2 Å². The van der Waals surface area contributed by atoms with Crippen LogP contribution < -0.4 is 9.60 Å². The molecular weight excluding hydrogens is 336 g/mol. The number of rotatable bonds is 6. The lowest BCUT2D eigenvalue weighted by Gasteiger charge is -2.11. The SMILES string of the molecule is CCCn1c(=O)sc2cc(S(=O)(=O)NCC3CCCO3)ccc21. The number of nitrogens with one attached hydrogen (secondary N) is 1. The lowest BCUT2D eigenvalue weighted by molar-refractivity contribution is 0.114. The van der Waals surface area contributed by atoms with Crippen LogP contribution in [0, 0.1) is 0 Å². The van der Waals surface area contributed by atoms with Gasteiger partial charge in [0, 0.05) is 19.7 Å². The molecule has 2 heterocycles. The van der Waals surface area contributed by atoms with E-state index in [0.717, 1.165) is 36.1 Å². The van der Waals surface area contributed by atoms with E-state index in [2.05, 4.69) is 4.72 Å². The zero-order valence-electron chi connectivity index (χ0n) is 12.9. The number of aromatic nitrogens is 1. The average Bonchev–Trinajstić information content (AvgIpc) is 3.14. The van der Waals surface area contributed by atoms with E-state index in [1.807, 2.05) is 6.92 Å². The molecule has 1 N–H and O–H groups in total. The Kier molecular flexibility index (Phi) is 4.86. The second kappa shape index (κ2) is 6.72. The summed E-state index contributed by atoms with van der Waals surface area (Å²) in [6, 6.07) is 4.84. The highest BCUT2D eigenvalue weighted by Crippen LogP contribution is 2.22. The summed E-state index contributed by atoms with van der Waals surface area (Å²) in [5.41, 5.74) is 0.792. The van der Waals surface area contributed by atoms with Gasteiger partial charge in [-0.1, -0.05) is 18.3 Å². The van der Waals surface area contributed by atoms with Gasteiger partial charge in [0.1, 0.15) is 0 Å². The van der Waals surface area contributed by atoms with Crippen LogP contribution in [0.5, 0.6) is 0 Å². The molecule has 6 nitrogen and oxygen atoms in total. The predicted octanol–water partition coefficient (Wildman–Crippen LogP) is 1.93.